The van der Waals surface area contributed by atoms with E-state index in [0.29, 0.717) is 4.57 Å². The zero-order valence-corrected chi connectivity index (χ0v) is 18.6. The van der Waals surface area contributed by atoms with Gasteiger partial charge in [0.2, 0.25) is 5.58 Å². The summed E-state index contributed by atoms with van der Waals surface area (Å²) in [5, 5.41) is 24.1. The van der Waals surface area contributed by atoms with Crippen molar-refractivity contribution in [1.29, 1.82) is 0 Å². The molecule has 0 unspecified atom stereocenters. The molecule has 0 spiro atoms. The number of rotatable bonds is 7. The molecule has 14 nitrogen and oxygen atoms in total. The second-order valence-electron chi connectivity index (χ2n) is 7.57. The van der Waals surface area contributed by atoms with Gasteiger partial charge in [0, 0.05) is 12.3 Å². The van der Waals surface area contributed by atoms with Crippen LogP contribution < -0.4 is 16.0 Å². The summed E-state index contributed by atoms with van der Waals surface area (Å²) in [4.78, 5) is 43.1. The third-order valence-corrected chi connectivity index (χ3v) is 5.67. The molecule has 4 atom stereocenters. The lowest BCUT2D eigenvalue weighted by Gasteiger charge is -2.18. The molecule has 1 fully saturated rings. The molecule has 196 valence electrons. The molecule has 1 aromatic carbocycles. The van der Waals surface area contributed by atoms with Gasteiger partial charge in [0.15, 0.2) is 12.0 Å². The minimum absolute atomic E-state index is 0.0284. The Bertz CT molecular complexity index is 1430. The average molecular weight is 539 g/mol. The topological polar surface area (TPSA) is 196 Å². The minimum Gasteiger partial charge on any atom is -0.402 e. The van der Waals surface area contributed by atoms with E-state index < -0.39 is 68.9 Å². The molecule has 0 amide bonds. The van der Waals surface area contributed by atoms with Crippen LogP contribution in [0.25, 0.3) is 11.0 Å². The van der Waals surface area contributed by atoms with Crippen molar-refractivity contribution in [3.05, 3.63) is 57.0 Å². The lowest BCUT2D eigenvalue weighted by atomic mass is 10.1. The first-order valence-electron chi connectivity index (χ1n) is 9.92. The number of aliphatic hydroxyl groups is 2. The molecular formula is C18H17F3N3O11P. The van der Waals surface area contributed by atoms with Gasteiger partial charge >= 0.3 is 19.9 Å². The van der Waals surface area contributed by atoms with Gasteiger partial charge in [-0.25, -0.2) is 9.36 Å². The van der Waals surface area contributed by atoms with E-state index in [2.05, 4.69) is 14.4 Å². The fourth-order valence-electron chi connectivity index (χ4n) is 3.59. The van der Waals surface area contributed by atoms with Crippen molar-refractivity contribution < 1.29 is 56.3 Å². The lowest BCUT2D eigenvalue weighted by molar-refractivity contribution is -0.274. The van der Waals surface area contributed by atoms with E-state index in [9.17, 15) is 37.5 Å². The van der Waals surface area contributed by atoms with Crippen LogP contribution >= 0.6 is 7.82 Å². The highest BCUT2D eigenvalue weighted by Gasteiger charge is 2.45. The van der Waals surface area contributed by atoms with E-state index in [1.54, 1.807) is 0 Å². The number of phosphoric acid groups is 1. The second-order valence-corrected chi connectivity index (χ2v) is 8.81. The fourth-order valence-corrected chi connectivity index (χ4v) is 3.94. The van der Waals surface area contributed by atoms with Crippen molar-refractivity contribution in [2.45, 2.75) is 37.4 Å². The molecule has 2 aromatic heterocycles. The Morgan fingerprint density at radius 2 is 1.86 bits per heavy atom. The summed E-state index contributed by atoms with van der Waals surface area (Å²) in [5.41, 5.74) is -2.37. The van der Waals surface area contributed by atoms with E-state index in [-0.39, 0.29) is 16.7 Å². The summed E-state index contributed by atoms with van der Waals surface area (Å²) in [6.07, 6.45) is -10.5. The Hall–Kier alpha value is -3.05. The molecule has 4 rings (SSSR count). The molecule has 1 aliphatic heterocycles. The number of nitrogens with zero attached hydrogens (tertiary/aromatic N) is 3. The molecule has 4 N–H and O–H groups in total. The molecular weight excluding hydrogens is 522 g/mol. The second kappa shape index (κ2) is 9.44. The van der Waals surface area contributed by atoms with E-state index in [1.165, 1.54) is 12.1 Å². The fraction of sp³-hybridized carbons (Fsp3) is 0.389. The largest absolute Gasteiger partial charge is 0.573 e. The number of aliphatic hydroxyl groups excluding tert-OH is 2. The predicted octanol–water partition coefficient (Wildman–Crippen LogP) is -0.173. The quantitative estimate of drug-likeness (QED) is 0.290. The maximum Gasteiger partial charge on any atom is 0.573 e. The third kappa shape index (κ3) is 5.36. The van der Waals surface area contributed by atoms with Crippen LogP contribution in [0.3, 0.4) is 0 Å². The van der Waals surface area contributed by atoms with Crippen LogP contribution in [-0.4, -0.2) is 65.6 Å². The average Bonchev–Trinajstić information content (AvgIpc) is 3.30. The molecule has 0 aliphatic carbocycles. The number of para-hydroxylation sites is 1. The van der Waals surface area contributed by atoms with Gasteiger partial charge in [-0.2, -0.15) is 0 Å². The molecule has 36 heavy (non-hydrogen) atoms. The number of hydrogen-bond donors (Lipinski definition) is 4. The number of fused-ring (bicyclic) bond motifs is 1. The molecule has 0 saturated carbocycles. The Kier molecular flexibility index (Phi) is 6.82. The maximum absolute atomic E-state index is 13.0. The highest BCUT2D eigenvalue weighted by molar-refractivity contribution is 7.46. The van der Waals surface area contributed by atoms with Crippen molar-refractivity contribution in [2.24, 2.45) is 0 Å². The summed E-state index contributed by atoms with van der Waals surface area (Å²) in [6.45, 7) is -1.38. The molecule has 1 saturated heterocycles. The molecule has 0 bridgehead atoms. The summed E-state index contributed by atoms with van der Waals surface area (Å²) >= 11 is 0. The maximum atomic E-state index is 13.0. The van der Waals surface area contributed by atoms with Gasteiger partial charge in [-0.3, -0.25) is 18.5 Å². The first-order chi connectivity index (χ1) is 16.7. The number of aromatic nitrogens is 3. The molecule has 1 aliphatic rings. The van der Waals surface area contributed by atoms with Crippen LogP contribution in [0.1, 0.15) is 11.9 Å². The standard InChI is InChI=1S/C18H17F3N3O11P/c19-18(20,21)34-10-3-1-2-8-9(22-35-15(8)10)6-24-12(25)4-5-23(17(24)28)16-14(27)13(26)11(33-16)7-32-36(29,30)31/h1-5,11,13-14,16,26-27H,6-7H2,(H2,29,30,31)/t11-,13+,14+,16-/m1/s1. The van der Waals surface area contributed by atoms with Crippen LogP contribution in [0, 0.1) is 0 Å². The smallest absolute Gasteiger partial charge is 0.402 e. The number of halogens is 3. The summed E-state index contributed by atoms with van der Waals surface area (Å²) in [5.74, 6) is -0.684. The van der Waals surface area contributed by atoms with Crippen molar-refractivity contribution >= 4 is 18.8 Å². The van der Waals surface area contributed by atoms with E-state index in [0.717, 1.165) is 22.9 Å². The zero-order valence-electron chi connectivity index (χ0n) is 17.7. The van der Waals surface area contributed by atoms with Crippen LogP contribution in [0.15, 0.2) is 44.6 Å². The summed E-state index contributed by atoms with van der Waals surface area (Å²) < 4.78 is 68.6. The van der Waals surface area contributed by atoms with Gasteiger partial charge in [0.25, 0.3) is 5.56 Å². The van der Waals surface area contributed by atoms with Crippen molar-refractivity contribution in [2.75, 3.05) is 6.61 Å². The molecule has 0 radical (unpaired) electrons. The SMILES string of the molecule is O=c1ccn([C@@H]2O[C@H](COP(=O)(O)O)[C@H](O)[C@@H]2O)c(=O)n1Cc1noc2c(OC(F)(F)F)cccc12. The number of ether oxygens (including phenoxy) is 2. The molecule has 3 aromatic rings. The number of benzene rings is 1. The number of alkyl halides is 3. The Balaban J connectivity index is 1.64. The summed E-state index contributed by atoms with van der Waals surface area (Å²) in [6, 6.07) is 4.47. The molecule has 3 heterocycles. The number of phosphoric ester groups is 1. The van der Waals surface area contributed by atoms with Crippen molar-refractivity contribution in [3.63, 3.8) is 0 Å². The normalized spacial score (nSPS) is 22.9. The molecule has 18 heteroatoms. The monoisotopic (exact) mass is 539 g/mol. The minimum atomic E-state index is -5.01. The van der Waals surface area contributed by atoms with E-state index in [4.69, 9.17) is 19.0 Å². The Morgan fingerprint density at radius 1 is 1.14 bits per heavy atom. The van der Waals surface area contributed by atoms with Gasteiger partial charge in [-0.1, -0.05) is 11.2 Å². The van der Waals surface area contributed by atoms with E-state index >= 15 is 0 Å². The lowest BCUT2D eigenvalue weighted by Crippen LogP contribution is -2.43. The first-order valence-corrected chi connectivity index (χ1v) is 11.4. The Labute approximate surface area is 196 Å². The van der Waals surface area contributed by atoms with Gasteiger partial charge in [-0.15, -0.1) is 13.2 Å². The zero-order chi connectivity index (χ0) is 26.4. The van der Waals surface area contributed by atoms with Crippen LogP contribution in [0.5, 0.6) is 5.75 Å². The van der Waals surface area contributed by atoms with E-state index in [1.807, 2.05) is 0 Å². The summed E-state index contributed by atoms with van der Waals surface area (Å²) in [7, 11) is -4.92. The van der Waals surface area contributed by atoms with Gasteiger partial charge < -0.3 is 34.0 Å². The highest BCUT2D eigenvalue weighted by atomic mass is 31.2. The van der Waals surface area contributed by atoms with Crippen molar-refractivity contribution in [1.82, 2.24) is 14.3 Å². The van der Waals surface area contributed by atoms with Crippen LogP contribution in [0.4, 0.5) is 13.2 Å². The number of hydrogen-bond acceptors (Lipinski definition) is 10. The predicted molar refractivity (Wildman–Crippen MR) is 109 cm³/mol. The highest BCUT2D eigenvalue weighted by Crippen LogP contribution is 2.38. The first kappa shape index (κ1) is 26.0. The Morgan fingerprint density at radius 3 is 2.53 bits per heavy atom. The van der Waals surface area contributed by atoms with Gasteiger partial charge in [0.05, 0.1) is 18.5 Å². The van der Waals surface area contributed by atoms with Crippen molar-refractivity contribution in [3.8, 4) is 5.75 Å². The van der Waals surface area contributed by atoms with Crippen LogP contribution in [0.2, 0.25) is 0 Å². The third-order valence-electron chi connectivity index (χ3n) is 5.18. The van der Waals surface area contributed by atoms with Gasteiger partial charge in [0.1, 0.15) is 24.0 Å². The van der Waals surface area contributed by atoms with Gasteiger partial charge in [-0.05, 0) is 12.1 Å². The van der Waals surface area contributed by atoms with Crippen LogP contribution in [-0.2, 0) is 20.4 Å².